The fourth-order valence-electron chi connectivity index (χ4n) is 1.33. The van der Waals surface area contributed by atoms with E-state index < -0.39 is 29.7 Å². The molecule has 1 rings (SSSR count). The molecule has 0 atom stereocenters. The molecule has 0 radical (unpaired) electrons. The number of hydrogen-bond acceptors (Lipinski definition) is 3. The van der Waals surface area contributed by atoms with E-state index in [1.165, 1.54) is 7.11 Å². The molecule has 0 fully saturated rings. The lowest BCUT2D eigenvalue weighted by molar-refractivity contribution is -0.0590. The van der Waals surface area contributed by atoms with Crippen LogP contribution in [0.2, 0.25) is 0 Å². The van der Waals surface area contributed by atoms with Crippen molar-refractivity contribution in [2.24, 2.45) is 0 Å². The molecule has 0 aliphatic carbocycles. The molecule has 0 unspecified atom stereocenters. The molecule has 0 aliphatic heterocycles. The maximum atomic E-state index is 13.4. The fraction of sp³-hybridized carbons (Fsp3) is 0.400. The highest BCUT2D eigenvalue weighted by molar-refractivity contribution is 5.48. The number of aliphatic hydroxyl groups is 1. The number of rotatable bonds is 4. The van der Waals surface area contributed by atoms with Gasteiger partial charge in [-0.3, -0.25) is 0 Å². The molecule has 90 valence electrons. The average molecular weight is 236 g/mol. The summed E-state index contributed by atoms with van der Waals surface area (Å²) in [7, 11) is 2.23. The van der Waals surface area contributed by atoms with Gasteiger partial charge in [0.25, 0.3) is 0 Å². The van der Waals surface area contributed by atoms with Gasteiger partial charge in [-0.05, 0) is 12.1 Å². The molecule has 1 N–H and O–H groups in total. The van der Waals surface area contributed by atoms with Gasteiger partial charge in [-0.15, -0.1) is 0 Å². The monoisotopic (exact) mass is 236 g/mol. The number of hydrogen-bond donors (Lipinski definition) is 1. The van der Waals surface area contributed by atoms with Crippen molar-refractivity contribution in [3.05, 3.63) is 23.5 Å². The molecule has 1 aromatic rings. The summed E-state index contributed by atoms with van der Waals surface area (Å²) in [4.78, 5) is 0. The molecule has 3 nitrogen and oxygen atoms in total. The van der Waals surface area contributed by atoms with E-state index in [0.29, 0.717) is 0 Å². The number of halogens is 3. The maximum absolute atomic E-state index is 13.4. The first-order valence-corrected chi connectivity index (χ1v) is 4.37. The van der Waals surface area contributed by atoms with E-state index in [-0.39, 0.29) is 5.75 Å². The van der Waals surface area contributed by atoms with Crippen LogP contribution in [-0.2, 0) is 5.92 Å². The first-order chi connectivity index (χ1) is 7.47. The predicted octanol–water partition coefficient (Wildman–Crippen LogP) is 1.93. The van der Waals surface area contributed by atoms with E-state index in [0.717, 1.165) is 19.2 Å². The van der Waals surface area contributed by atoms with Crippen LogP contribution >= 0.6 is 0 Å². The zero-order valence-corrected chi connectivity index (χ0v) is 8.76. The van der Waals surface area contributed by atoms with Gasteiger partial charge in [0, 0.05) is 0 Å². The van der Waals surface area contributed by atoms with Crippen molar-refractivity contribution in [1.82, 2.24) is 0 Å². The van der Waals surface area contributed by atoms with Crippen molar-refractivity contribution in [1.29, 1.82) is 0 Å². The van der Waals surface area contributed by atoms with Crippen LogP contribution in [-0.4, -0.2) is 25.9 Å². The summed E-state index contributed by atoms with van der Waals surface area (Å²) in [6.45, 7) is -1.46. The van der Waals surface area contributed by atoms with Gasteiger partial charge in [0.1, 0.15) is 17.9 Å². The molecule has 0 amide bonds. The highest BCUT2D eigenvalue weighted by Gasteiger charge is 2.38. The van der Waals surface area contributed by atoms with Crippen LogP contribution in [0, 0.1) is 5.82 Å². The molecule has 0 bridgehead atoms. The van der Waals surface area contributed by atoms with Gasteiger partial charge in [-0.1, -0.05) is 0 Å². The van der Waals surface area contributed by atoms with Gasteiger partial charge < -0.3 is 14.6 Å². The fourth-order valence-corrected chi connectivity index (χ4v) is 1.33. The van der Waals surface area contributed by atoms with Crippen LogP contribution in [0.25, 0.3) is 0 Å². The van der Waals surface area contributed by atoms with E-state index in [1.807, 2.05) is 0 Å². The number of alkyl halides is 2. The van der Waals surface area contributed by atoms with Gasteiger partial charge in [-0.2, -0.15) is 8.78 Å². The van der Waals surface area contributed by atoms with Crippen LogP contribution in [0.15, 0.2) is 12.1 Å². The third-order valence-electron chi connectivity index (χ3n) is 2.06. The summed E-state index contributed by atoms with van der Waals surface area (Å²) in [6, 6.07) is 2.01. The average Bonchev–Trinajstić information content (AvgIpc) is 2.28. The third kappa shape index (κ3) is 2.06. The van der Waals surface area contributed by atoms with Crippen molar-refractivity contribution < 1.29 is 27.8 Å². The van der Waals surface area contributed by atoms with Crippen molar-refractivity contribution >= 4 is 0 Å². The third-order valence-corrected chi connectivity index (χ3v) is 2.06. The van der Waals surface area contributed by atoms with Crippen LogP contribution in [0.3, 0.4) is 0 Å². The molecule has 16 heavy (non-hydrogen) atoms. The van der Waals surface area contributed by atoms with E-state index in [2.05, 4.69) is 4.74 Å². The van der Waals surface area contributed by atoms with Crippen LogP contribution in [0.4, 0.5) is 13.2 Å². The van der Waals surface area contributed by atoms with E-state index in [9.17, 15) is 13.2 Å². The summed E-state index contributed by atoms with van der Waals surface area (Å²) in [5, 5.41) is 8.59. The lowest BCUT2D eigenvalue weighted by Gasteiger charge is -2.20. The summed E-state index contributed by atoms with van der Waals surface area (Å²) in [5.74, 6) is -5.43. The Hall–Kier alpha value is -1.43. The van der Waals surface area contributed by atoms with Crippen LogP contribution in [0.1, 0.15) is 5.56 Å². The van der Waals surface area contributed by atoms with Crippen molar-refractivity contribution in [2.45, 2.75) is 5.92 Å². The Morgan fingerprint density at radius 2 is 1.88 bits per heavy atom. The van der Waals surface area contributed by atoms with Gasteiger partial charge in [0.05, 0.1) is 14.2 Å². The number of aliphatic hydroxyl groups excluding tert-OH is 1. The highest BCUT2D eigenvalue weighted by atomic mass is 19.3. The molecular weight excluding hydrogens is 225 g/mol. The first kappa shape index (κ1) is 12.6. The SMILES string of the molecule is COc1ccc(F)c(OC)c1C(F)(F)CO. The molecule has 0 spiro atoms. The lowest BCUT2D eigenvalue weighted by Crippen LogP contribution is -2.21. The number of benzene rings is 1. The molecule has 0 aromatic heterocycles. The number of ether oxygens (including phenoxy) is 2. The largest absolute Gasteiger partial charge is 0.496 e. The molecule has 6 heteroatoms. The summed E-state index contributed by atoms with van der Waals surface area (Å²) in [6.07, 6.45) is 0. The quantitative estimate of drug-likeness (QED) is 0.868. The first-order valence-electron chi connectivity index (χ1n) is 4.37. The van der Waals surface area contributed by atoms with E-state index in [4.69, 9.17) is 9.84 Å². The van der Waals surface area contributed by atoms with E-state index in [1.54, 1.807) is 0 Å². The standard InChI is InChI=1S/C10H11F3O3/c1-15-7-4-3-6(11)9(16-2)8(7)10(12,13)5-14/h3-4,14H,5H2,1-2H3. The van der Waals surface area contributed by atoms with Gasteiger partial charge >= 0.3 is 5.92 Å². The second-order valence-corrected chi connectivity index (χ2v) is 3.02. The molecule has 0 aliphatic rings. The topological polar surface area (TPSA) is 38.7 Å². The summed E-state index contributed by atoms with van der Waals surface area (Å²) < 4.78 is 49.3. The minimum atomic E-state index is -3.63. The summed E-state index contributed by atoms with van der Waals surface area (Å²) in [5.41, 5.74) is -0.792. The molecule has 0 saturated carbocycles. The Morgan fingerprint density at radius 3 is 2.31 bits per heavy atom. The second-order valence-electron chi connectivity index (χ2n) is 3.02. The Bertz CT molecular complexity index is 380. The van der Waals surface area contributed by atoms with Crippen LogP contribution in [0.5, 0.6) is 11.5 Å². The Kier molecular flexibility index (Phi) is 3.64. The molecule has 1 aromatic carbocycles. The van der Waals surface area contributed by atoms with Gasteiger partial charge in [0.2, 0.25) is 0 Å². The smallest absolute Gasteiger partial charge is 0.303 e. The number of methoxy groups -OCH3 is 2. The molecule has 0 heterocycles. The highest BCUT2D eigenvalue weighted by Crippen LogP contribution is 2.42. The van der Waals surface area contributed by atoms with Crippen LogP contribution < -0.4 is 9.47 Å². The molecule has 0 saturated heterocycles. The predicted molar refractivity (Wildman–Crippen MR) is 50.5 cm³/mol. The second kappa shape index (κ2) is 4.61. The minimum absolute atomic E-state index is 0.239. The Morgan fingerprint density at radius 1 is 1.25 bits per heavy atom. The van der Waals surface area contributed by atoms with Gasteiger partial charge in [-0.25, -0.2) is 4.39 Å². The van der Waals surface area contributed by atoms with Crippen molar-refractivity contribution in [3.8, 4) is 11.5 Å². The minimum Gasteiger partial charge on any atom is -0.496 e. The van der Waals surface area contributed by atoms with Gasteiger partial charge in [0.15, 0.2) is 11.6 Å². The zero-order valence-electron chi connectivity index (χ0n) is 8.76. The van der Waals surface area contributed by atoms with Crippen molar-refractivity contribution in [3.63, 3.8) is 0 Å². The normalized spacial score (nSPS) is 11.4. The molecular formula is C10H11F3O3. The lowest BCUT2D eigenvalue weighted by atomic mass is 10.1. The Labute approximate surface area is 90.4 Å². The summed E-state index contributed by atoms with van der Waals surface area (Å²) >= 11 is 0. The van der Waals surface area contributed by atoms with Crippen molar-refractivity contribution in [2.75, 3.05) is 20.8 Å². The maximum Gasteiger partial charge on any atom is 0.303 e. The zero-order chi connectivity index (χ0) is 12.3. The van der Waals surface area contributed by atoms with E-state index >= 15 is 0 Å². The Balaban J connectivity index is 3.48.